The number of hydrogen-bond donors (Lipinski definition) is 0. The first kappa shape index (κ1) is 18.5. The molecule has 130 valence electrons. The monoisotopic (exact) mass is 421 g/mol. The van der Waals surface area contributed by atoms with Crippen molar-refractivity contribution in [3.63, 3.8) is 0 Å². The van der Waals surface area contributed by atoms with Crippen molar-refractivity contribution in [2.24, 2.45) is 0 Å². The predicted molar refractivity (Wildman–Crippen MR) is 104 cm³/mol. The molecular weight excluding hydrogens is 406 g/mol. The lowest BCUT2D eigenvalue weighted by Gasteiger charge is -2.31. The molecule has 2 heterocycles. The number of esters is 1. The normalized spacial score (nSPS) is 16.7. The number of benzene rings is 1. The quantitative estimate of drug-likeness (QED) is 0.388. The molecule has 5 nitrogen and oxygen atoms in total. The first-order valence-corrected chi connectivity index (χ1v) is 13.2. The Hall–Kier alpha value is -0.290. The lowest BCUT2D eigenvalue weighted by molar-refractivity contribution is -0.132. The fourth-order valence-corrected chi connectivity index (χ4v) is 12.0. The molecule has 1 aromatic rings. The van der Waals surface area contributed by atoms with Crippen LogP contribution in [-0.4, -0.2) is 30.4 Å². The van der Waals surface area contributed by atoms with Gasteiger partial charge in [0.25, 0.3) is 0 Å². The predicted octanol–water partition coefficient (Wildman–Crippen LogP) is 4.58. The largest absolute Gasteiger partial charge is 0.492 e. The molecule has 0 saturated heterocycles. The minimum atomic E-state index is -0.391. The molecule has 0 saturated carbocycles. The molecule has 24 heavy (non-hydrogen) atoms. The molecule has 3 rings (SSSR count). The Kier molecular flexibility index (Phi) is 6.12. The maximum absolute atomic E-state index is 11.8. The lowest BCUT2D eigenvalue weighted by Crippen LogP contribution is -2.35. The Balaban J connectivity index is 2.20. The fourth-order valence-electron chi connectivity index (χ4n) is 2.68. The van der Waals surface area contributed by atoms with Gasteiger partial charge >= 0.3 is 5.97 Å². The van der Waals surface area contributed by atoms with Gasteiger partial charge in [0.15, 0.2) is 11.5 Å². The van der Waals surface area contributed by atoms with Gasteiger partial charge in [0.05, 0.1) is 12.0 Å². The minimum absolute atomic E-state index is 0.0193. The zero-order valence-corrected chi connectivity index (χ0v) is 17.3. The molecular formula is C14H15NO4S5. The summed E-state index contributed by atoms with van der Waals surface area (Å²) in [6, 6.07) is 0. The fraction of sp³-hybridized carbons (Fsp3) is 0.429. The van der Waals surface area contributed by atoms with E-state index < -0.39 is 5.97 Å². The van der Waals surface area contributed by atoms with E-state index in [0.29, 0.717) is 24.6 Å². The highest BCUT2D eigenvalue weighted by atomic mass is 33.8. The number of methoxy groups -OCH3 is 1. The number of carbonyl (C=O) groups excluding carboxylic acids is 2. The van der Waals surface area contributed by atoms with Crippen molar-refractivity contribution >= 4 is 62.9 Å². The lowest BCUT2D eigenvalue weighted by atomic mass is 9.97. The van der Waals surface area contributed by atoms with Crippen molar-refractivity contribution in [3.8, 4) is 11.5 Å². The molecule has 0 spiro atoms. The Morgan fingerprint density at radius 1 is 1.00 bits per heavy atom. The Morgan fingerprint density at radius 2 is 1.71 bits per heavy atom. The zero-order chi connectivity index (χ0) is 17.3. The Bertz CT molecular complexity index is 696. The summed E-state index contributed by atoms with van der Waals surface area (Å²) in [5, 5.41) is 0. The number of amides is 1. The van der Waals surface area contributed by atoms with Crippen LogP contribution >= 0.6 is 51.1 Å². The Morgan fingerprint density at radius 3 is 2.33 bits per heavy atom. The summed E-state index contributed by atoms with van der Waals surface area (Å²) in [6.45, 7) is 4.06. The van der Waals surface area contributed by atoms with E-state index in [4.69, 9.17) is 9.47 Å². The average Bonchev–Trinajstić information content (AvgIpc) is 2.80. The molecule has 1 amide bonds. The number of ether oxygens (including phenoxy) is 2. The highest BCUT2D eigenvalue weighted by molar-refractivity contribution is 9.36. The van der Waals surface area contributed by atoms with Gasteiger partial charge in [0.1, 0.15) is 0 Å². The van der Waals surface area contributed by atoms with E-state index >= 15 is 0 Å². The van der Waals surface area contributed by atoms with Gasteiger partial charge in [-0.25, -0.2) is 0 Å². The smallest absolute Gasteiger partial charge is 0.308 e. The summed E-state index contributed by atoms with van der Waals surface area (Å²) in [7, 11) is 9.98. The average molecular weight is 422 g/mol. The van der Waals surface area contributed by atoms with Gasteiger partial charge in [0, 0.05) is 37.4 Å². The van der Waals surface area contributed by atoms with Crippen molar-refractivity contribution in [1.29, 1.82) is 0 Å². The van der Waals surface area contributed by atoms with Crippen molar-refractivity contribution < 1.29 is 19.1 Å². The third kappa shape index (κ3) is 3.62. The van der Waals surface area contributed by atoms with Crippen LogP contribution in [0.4, 0.5) is 0 Å². The van der Waals surface area contributed by atoms with Gasteiger partial charge in [-0.2, -0.15) is 0 Å². The topological polar surface area (TPSA) is 55.8 Å². The molecule has 1 aromatic carbocycles. The third-order valence-electron chi connectivity index (χ3n) is 3.70. The highest BCUT2D eigenvalue weighted by Crippen LogP contribution is 2.64. The molecule has 2 aliphatic rings. The van der Waals surface area contributed by atoms with Crippen LogP contribution in [0.3, 0.4) is 0 Å². The first-order valence-electron chi connectivity index (χ1n) is 7.07. The van der Waals surface area contributed by atoms with Gasteiger partial charge in [-0.05, 0) is 63.0 Å². The third-order valence-corrected chi connectivity index (χ3v) is 12.2. The van der Waals surface area contributed by atoms with E-state index in [0.717, 1.165) is 27.3 Å². The van der Waals surface area contributed by atoms with Crippen molar-refractivity contribution in [2.75, 3.05) is 13.7 Å². The van der Waals surface area contributed by atoms with Crippen LogP contribution < -0.4 is 9.47 Å². The molecule has 0 atom stereocenters. The van der Waals surface area contributed by atoms with Crippen LogP contribution in [0.15, 0.2) is 9.79 Å². The zero-order valence-electron chi connectivity index (χ0n) is 13.2. The SMILES string of the molecule is COc1c(OC(C)=O)c2c(c3c1SSSSS3)CCN(C(C)=O)C2. The van der Waals surface area contributed by atoms with E-state index in [2.05, 4.69) is 0 Å². The van der Waals surface area contributed by atoms with Crippen LogP contribution in [0.25, 0.3) is 0 Å². The summed E-state index contributed by atoms with van der Waals surface area (Å²) in [5.74, 6) is 0.664. The molecule has 0 aromatic heterocycles. The molecule has 0 radical (unpaired) electrons. The number of carbonyl (C=O) groups is 2. The van der Waals surface area contributed by atoms with Crippen LogP contribution in [0.2, 0.25) is 0 Å². The van der Waals surface area contributed by atoms with Crippen molar-refractivity contribution in [2.45, 2.75) is 36.6 Å². The van der Waals surface area contributed by atoms with E-state index in [1.807, 2.05) is 0 Å². The number of fused-ring (bicyclic) bond motifs is 3. The maximum Gasteiger partial charge on any atom is 0.308 e. The maximum atomic E-state index is 11.8. The number of nitrogens with zero attached hydrogens (tertiary/aromatic N) is 1. The van der Waals surface area contributed by atoms with Gasteiger partial charge < -0.3 is 14.4 Å². The van der Waals surface area contributed by atoms with Crippen molar-refractivity contribution in [3.05, 3.63) is 11.1 Å². The van der Waals surface area contributed by atoms with Crippen LogP contribution in [0.5, 0.6) is 11.5 Å². The summed E-state index contributed by atoms with van der Waals surface area (Å²) in [4.78, 5) is 27.4. The van der Waals surface area contributed by atoms with Crippen LogP contribution in [0, 0.1) is 0 Å². The number of hydrogen-bond acceptors (Lipinski definition) is 9. The minimum Gasteiger partial charge on any atom is -0.492 e. The molecule has 0 aliphatic carbocycles. The second-order valence-corrected chi connectivity index (χ2v) is 12.6. The van der Waals surface area contributed by atoms with Crippen LogP contribution in [0.1, 0.15) is 25.0 Å². The van der Waals surface area contributed by atoms with Crippen LogP contribution in [-0.2, 0) is 22.6 Å². The van der Waals surface area contributed by atoms with Crippen molar-refractivity contribution in [1.82, 2.24) is 4.90 Å². The second kappa shape index (κ2) is 7.94. The molecule has 10 heteroatoms. The summed E-state index contributed by atoms with van der Waals surface area (Å²) < 4.78 is 11.1. The van der Waals surface area contributed by atoms with Gasteiger partial charge in [-0.1, -0.05) is 0 Å². The standard InChI is InChI=1S/C14H15NO4S5/c1-7(16)15-5-4-9-10(6-15)11(19-8(2)17)12(18-3)14-13(9)20-22-24-23-21-14/h4-6H2,1-3H3. The first-order chi connectivity index (χ1) is 11.5. The van der Waals surface area contributed by atoms with Gasteiger partial charge in [-0.3, -0.25) is 9.59 Å². The van der Waals surface area contributed by atoms with Gasteiger partial charge in [0.2, 0.25) is 5.91 Å². The molecule has 0 N–H and O–H groups in total. The molecule has 0 unspecified atom stereocenters. The summed E-state index contributed by atoms with van der Waals surface area (Å²) in [6.07, 6.45) is 0.749. The second-order valence-electron chi connectivity index (χ2n) is 5.13. The molecule has 2 aliphatic heterocycles. The van der Waals surface area contributed by atoms with E-state index in [9.17, 15) is 9.59 Å². The highest BCUT2D eigenvalue weighted by Gasteiger charge is 2.32. The summed E-state index contributed by atoms with van der Waals surface area (Å²) in [5.41, 5.74) is 2.04. The van der Waals surface area contributed by atoms with Gasteiger partial charge in [-0.15, -0.1) is 0 Å². The van der Waals surface area contributed by atoms with E-state index in [1.165, 1.54) is 6.92 Å². The number of rotatable bonds is 2. The molecule has 0 bridgehead atoms. The van der Waals surface area contributed by atoms with E-state index in [1.54, 1.807) is 70.0 Å². The molecule has 0 fully saturated rings. The Labute approximate surface area is 159 Å². The van der Waals surface area contributed by atoms with E-state index in [-0.39, 0.29) is 5.91 Å². The summed E-state index contributed by atoms with van der Waals surface area (Å²) >= 11 is 0.